The van der Waals surface area contributed by atoms with Gasteiger partial charge in [0, 0.05) is 17.5 Å². The molecule has 2 aromatic heterocycles. The topological polar surface area (TPSA) is 99.3 Å². The summed E-state index contributed by atoms with van der Waals surface area (Å²) in [5.41, 5.74) is 4.39. The maximum Gasteiger partial charge on any atom is 0.327 e. The second-order valence-electron chi connectivity index (χ2n) is 8.28. The number of nitrogens with zero attached hydrogens (tertiary/aromatic N) is 2. The molecule has 5 rings (SSSR count). The van der Waals surface area contributed by atoms with Crippen molar-refractivity contribution < 1.29 is 18.8 Å². The van der Waals surface area contributed by atoms with Crippen LogP contribution in [0.4, 0.5) is 0 Å². The Kier molecular flexibility index (Phi) is 5.28. The first-order valence-electron chi connectivity index (χ1n) is 11.1. The second kappa shape index (κ2) is 8.27. The van der Waals surface area contributed by atoms with Crippen LogP contribution in [0.3, 0.4) is 0 Å². The number of ketones is 1. The second-order valence-corrected chi connectivity index (χ2v) is 8.28. The van der Waals surface area contributed by atoms with Gasteiger partial charge in [-0.2, -0.15) is 0 Å². The lowest BCUT2D eigenvalue weighted by molar-refractivity contribution is -0.121. The van der Waals surface area contributed by atoms with Crippen LogP contribution in [0, 0.1) is 13.8 Å². The van der Waals surface area contributed by atoms with E-state index in [-0.39, 0.29) is 24.7 Å². The normalized spacial score (nSPS) is 14.9. The van der Waals surface area contributed by atoms with E-state index in [9.17, 15) is 9.59 Å². The van der Waals surface area contributed by atoms with E-state index in [0.717, 1.165) is 28.8 Å². The van der Waals surface area contributed by atoms with Crippen LogP contribution in [0.5, 0.6) is 11.5 Å². The fourth-order valence-corrected chi connectivity index (χ4v) is 4.56. The number of carbonyl (C=O) groups excluding carboxylic acids is 1. The predicted molar refractivity (Wildman–Crippen MR) is 123 cm³/mol. The number of hydrogen-bond donors (Lipinski definition) is 1. The molecule has 8 nitrogen and oxygen atoms in total. The van der Waals surface area contributed by atoms with E-state index in [1.165, 1.54) is 0 Å². The van der Waals surface area contributed by atoms with Crippen molar-refractivity contribution in [3.8, 4) is 22.6 Å². The van der Waals surface area contributed by atoms with Crippen molar-refractivity contribution in [1.29, 1.82) is 0 Å². The predicted octanol–water partition coefficient (Wildman–Crippen LogP) is 4.33. The van der Waals surface area contributed by atoms with Crippen LogP contribution in [0.15, 0.2) is 45.7 Å². The maximum atomic E-state index is 13.1. The molecule has 170 valence electrons. The summed E-state index contributed by atoms with van der Waals surface area (Å²) < 4.78 is 19.2. The number of Topliss-reactive ketones (excluding diaryl/α,β-unsaturated/α-hetero) is 1. The van der Waals surface area contributed by atoms with Gasteiger partial charge in [-0.1, -0.05) is 30.3 Å². The quantitative estimate of drug-likeness (QED) is 0.453. The molecule has 1 N–H and O–H groups in total. The van der Waals surface area contributed by atoms with E-state index in [1.807, 2.05) is 57.2 Å². The fourth-order valence-electron chi connectivity index (χ4n) is 4.56. The molecule has 1 atom stereocenters. The monoisotopic (exact) mass is 447 g/mol. The average molecular weight is 447 g/mol. The molecule has 0 saturated heterocycles. The van der Waals surface area contributed by atoms with Crippen molar-refractivity contribution in [3.05, 3.63) is 63.9 Å². The summed E-state index contributed by atoms with van der Waals surface area (Å²) in [7, 11) is 0. The van der Waals surface area contributed by atoms with Gasteiger partial charge in [-0.3, -0.25) is 9.36 Å². The van der Waals surface area contributed by atoms with E-state index >= 15 is 0 Å². The van der Waals surface area contributed by atoms with Crippen LogP contribution >= 0.6 is 0 Å². The molecule has 0 radical (unpaired) electrons. The average Bonchev–Trinajstić information content (AvgIpc) is 3.33. The number of aromatic amines is 1. The van der Waals surface area contributed by atoms with Gasteiger partial charge in [0.15, 0.2) is 11.5 Å². The first kappa shape index (κ1) is 21.1. The molecule has 3 heterocycles. The molecule has 0 amide bonds. The molecule has 0 bridgehead atoms. The lowest BCUT2D eigenvalue weighted by Gasteiger charge is -2.28. The number of carbonyl (C=O) groups is 1. The molecular formula is C25H25N3O5. The summed E-state index contributed by atoms with van der Waals surface area (Å²) in [6, 6.07) is 10.8. The van der Waals surface area contributed by atoms with Crippen molar-refractivity contribution in [3.63, 3.8) is 0 Å². The number of hydrogen-bond acceptors (Lipinski definition) is 6. The number of aromatic nitrogens is 3. The summed E-state index contributed by atoms with van der Waals surface area (Å²) in [4.78, 5) is 28.0. The number of imidazole rings is 1. The largest absolute Gasteiger partial charge is 0.488 e. The first-order valence-corrected chi connectivity index (χ1v) is 11.1. The summed E-state index contributed by atoms with van der Waals surface area (Å²) in [6.07, 6.45) is 1.26. The first-order chi connectivity index (χ1) is 16.0. The zero-order valence-electron chi connectivity index (χ0n) is 18.8. The van der Waals surface area contributed by atoms with Gasteiger partial charge in [-0.15, -0.1) is 0 Å². The highest BCUT2D eigenvalue weighted by Crippen LogP contribution is 2.43. The third-order valence-corrected chi connectivity index (χ3v) is 6.03. The lowest BCUT2D eigenvalue weighted by atomic mass is 9.99. The minimum absolute atomic E-state index is 0.00263. The third-order valence-electron chi connectivity index (χ3n) is 6.03. The number of benzene rings is 2. The fraction of sp³-hybridized carbons (Fsp3) is 0.320. The Hall–Kier alpha value is -3.81. The number of ether oxygens (including phenoxy) is 2. The van der Waals surface area contributed by atoms with Crippen molar-refractivity contribution in [1.82, 2.24) is 14.7 Å². The number of H-pyrrole nitrogens is 1. The molecule has 1 aliphatic rings. The number of aryl methyl sites for hydroxylation is 2. The molecule has 1 unspecified atom stereocenters. The molecule has 4 aromatic rings. The molecule has 0 fully saturated rings. The van der Waals surface area contributed by atoms with Gasteiger partial charge in [0.25, 0.3) is 0 Å². The van der Waals surface area contributed by atoms with Gasteiger partial charge in [-0.05, 0) is 38.5 Å². The summed E-state index contributed by atoms with van der Waals surface area (Å²) in [5.74, 6) is 1.92. The highest BCUT2D eigenvalue weighted by atomic mass is 16.5. The van der Waals surface area contributed by atoms with Crippen molar-refractivity contribution in [2.75, 3.05) is 13.2 Å². The van der Waals surface area contributed by atoms with E-state index in [2.05, 4.69) is 10.1 Å². The molecule has 2 aromatic carbocycles. The molecule has 8 heteroatoms. The van der Waals surface area contributed by atoms with Gasteiger partial charge in [0.1, 0.15) is 36.3 Å². The Bertz CT molecular complexity index is 1390. The Labute approximate surface area is 190 Å². The number of nitrogens with one attached hydrogen (secondary N) is 1. The standard InChI is InChI=1S/C25H25N3O5/c1-4-7-16(29)12-31-21-9-6-5-8-17(21)20-13-32-24-18(22-14(2)27-33-15(22)3)10-11-19-23(24)28(20)25(30)26-19/h5-6,8-11,20H,4,7,12-13H2,1-3H3,(H,26,30). The summed E-state index contributed by atoms with van der Waals surface area (Å²) in [5, 5.41) is 4.06. The molecule has 33 heavy (non-hydrogen) atoms. The number of rotatable bonds is 7. The molecule has 1 aliphatic heterocycles. The summed E-state index contributed by atoms with van der Waals surface area (Å²) >= 11 is 0. The van der Waals surface area contributed by atoms with Crippen LogP contribution in [-0.4, -0.2) is 33.7 Å². The van der Waals surface area contributed by atoms with Gasteiger partial charge >= 0.3 is 5.69 Å². The minimum Gasteiger partial charge on any atom is -0.488 e. The zero-order chi connectivity index (χ0) is 23.1. The Morgan fingerprint density at radius 2 is 2.06 bits per heavy atom. The Balaban J connectivity index is 1.62. The smallest absolute Gasteiger partial charge is 0.327 e. The van der Waals surface area contributed by atoms with Gasteiger partial charge in [0.05, 0.1) is 16.8 Å². The van der Waals surface area contributed by atoms with Crippen LogP contribution in [0.2, 0.25) is 0 Å². The molecular weight excluding hydrogens is 422 g/mol. The Morgan fingerprint density at radius 1 is 1.24 bits per heavy atom. The van der Waals surface area contributed by atoms with Gasteiger partial charge in [0.2, 0.25) is 0 Å². The van der Waals surface area contributed by atoms with Gasteiger partial charge < -0.3 is 19.0 Å². The van der Waals surface area contributed by atoms with Crippen LogP contribution < -0.4 is 15.2 Å². The molecule has 0 saturated carbocycles. The van der Waals surface area contributed by atoms with E-state index < -0.39 is 6.04 Å². The molecule has 0 aliphatic carbocycles. The maximum absolute atomic E-state index is 13.1. The van der Waals surface area contributed by atoms with Crippen LogP contribution in [-0.2, 0) is 4.79 Å². The van der Waals surface area contributed by atoms with Crippen molar-refractivity contribution >= 4 is 16.8 Å². The number of para-hydroxylation sites is 1. The van der Waals surface area contributed by atoms with E-state index in [0.29, 0.717) is 34.7 Å². The van der Waals surface area contributed by atoms with Crippen LogP contribution in [0.25, 0.3) is 22.2 Å². The van der Waals surface area contributed by atoms with Crippen LogP contribution in [0.1, 0.15) is 42.8 Å². The zero-order valence-corrected chi connectivity index (χ0v) is 18.8. The summed E-state index contributed by atoms with van der Waals surface area (Å²) in [6.45, 7) is 5.94. The Morgan fingerprint density at radius 3 is 2.82 bits per heavy atom. The van der Waals surface area contributed by atoms with Gasteiger partial charge in [-0.25, -0.2) is 4.79 Å². The third kappa shape index (κ3) is 3.51. The molecule has 0 spiro atoms. The SMILES string of the molecule is CCCC(=O)COc1ccccc1C1COc2c(-c3c(C)noc3C)ccc3[nH]c(=O)n1c23. The van der Waals surface area contributed by atoms with E-state index in [4.69, 9.17) is 14.0 Å². The van der Waals surface area contributed by atoms with E-state index in [1.54, 1.807) is 4.57 Å². The highest BCUT2D eigenvalue weighted by Gasteiger charge is 2.31. The van der Waals surface area contributed by atoms with Crippen molar-refractivity contribution in [2.45, 2.75) is 39.7 Å². The lowest BCUT2D eigenvalue weighted by Crippen LogP contribution is -2.31. The highest BCUT2D eigenvalue weighted by molar-refractivity contribution is 5.92. The van der Waals surface area contributed by atoms with Crippen molar-refractivity contribution in [2.24, 2.45) is 0 Å². The minimum atomic E-state index is -0.406.